The Morgan fingerprint density at radius 3 is 2.60 bits per heavy atom. The molecule has 3 aromatic rings. The van der Waals surface area contributed by atoms with Crippen LogP contribution in [-0.2, 0) is 17.6 Å². The highest BCUT2D eigenvalue weighted by Crippen LogP contribution is 2.40. The largest absolute Gasteiger partial charge is 0.493 e. The van der Waals surface area contributed by atoms with E-state index in [1.54, 1.807) is 33.6 Å². The predicted octanol–water partition coefficient (Wildman–Crippen LogP) is 4.98. The number of benzene rings is 2. The van der Waals surface area contributed by atoms with Gasteiger partial charge < -0.3 is 19.5 Å². The van der Waals surface area contributed by atoms with Gasteiger partial charge in [0.1, 0.15) is 0 Å². The van der Waals surface area contributed by atoms with Crippen LogP contribution >= 0.6 is 22.9 Å². The molecule has 0 aliphatic carbocycles. The van der Waals surface area contributed by atoms with Crippen LogP contribution in [0, 0.1) is 0 Å². The van der Waals surface area contributed by atoms with Crippen LogP contribution in [0.2, 0.25) is 5.02 Å². The van der Waals surface area contributed by atoms with Gasteiger partial charge in [-0.25, -0.2) is 4.98 Å². The van der Waals surface area contributed by atoms with Crippen molar-refractivity contribution in [3.63, 3.8) is 0 Å². The first-order chi connectivity index (χ1) is 14.5. The molecule has 0 saturated heterocycles. The zero-order chi connectivity index (χ0) is 21.5. The Labute approximate surface area is 184 Å². The van der Waals surface area contributed by atoms with Crippen LogP contribution < -0.4 is 19.5 Å². The summed E-state index contributed by atoms with van der Waals surface area (Å²) in [6.45, 7) is 0. The molecule has 0 aliphatic heterocycles. The molecule has 1 heterocycles. The van der Waals surface area contributed by atoms with Crippen molar-refractivity contribution in [1.29, 1.82) is 0 Å². The summed E-state index contributed by atoms with van der Waals surface area (Å²) in [6.07, 6.45) is 3.28. The third-order valence-corrected chi connectivity index (χ3v) is 5.62. The molecule has 1 amide bonds. The number of amides is 1. The van der Waals surface area contributed by atoms with Crippen molar-refractivity contribution in [1.82, 2.24) is 4.98 Å². The van der Waals surface area contributed by atoms with E-state index < -0.39 is 0 Å². The molecule has 0 saturated carbocycles. The minimum Gasteiger partial charge on any atom is -0.493 e. The summed E-state index contributed by atoms with van der Waals surface area (Å²) in [6, 6.07) is 11.4. The first-order valence-electron chi connectivity index (χ1n) is 9.31. The molecule has 2 aromatic carbocycles. The SMILES string of the molecule is COc1ccc(CCC(=O)Nc2ncc(Cc3cccc(Cl)c3)s2)c(OC)c1OC. The smallest absolute Gasteiger partial charge is 0.226 e. The van der Waals surface area contributed by atoms with Gasteiger partial charge in [0.2, 0.25) is 11.7 Å². The van der Waals surface area contributed by atoms with E-state index in [4.69, 9.17) is 25.8 Å². The summed E-state index contributed by atoms with van der Waals surface area (Å²) in [4.78, 5) is 17.8. The number of rotatable bonds is 9. The van der Waals surface area contributed by atoms with Crippen LogP contribution in [0.1, 0.15) is 22.4 Å². The fraction of sp³-hybridized carbons (Fsp3) is 0.273. The van der Waals surface area contributed by atoms with Crippen molar-refractivity contribution in [2.75, 3.05) is 26.6 Å². The lowest BCUT2D eigenvalue weighted by atomic mass is 10.1. The lowest BCUT2D eigenvalue weighted by Gasteiger charge is -2.15. The van der Waals surface area contributed by atoms with Crippen molar-refractivity contribution in [3.05, 3.63) is 63.6 Å². The van der Waals surface area contributed by atoms with Crippen LogP contribution in [0.25, 0.3) is 0 Å². The highest BCUT2D eigenvalue weighted by atomic mass is 35.5. The average molecular weight is 447 g/mol. The number of hydrogen-bond acceptors (Lipinski definition) is 6. The Morgan fingerprint density at radius 1 is 1.10 bits per heavy atom. The third kappa shape index (κ3) is 5.43. The molecule has 0 fully saturated rings. The number of carbonyl (C=O) groups is 1. The normalized spacial score (nSPS) is 10.5. The van der Waals surface area contributed by atoms with Gasteiger partial charge in [-0.3, -0.25) is 4.79 Å². The summed E-state index contributed by atoms with van der Waals surface area (Å²) >= 11 is 7.49. The van der Waals surface area contributed by atoms with E-state index in [-0.39, 0.29) is 12.3 Å². The van der Waals surface area contributed by atoms with Crippen molar-refractivity contribution >= 4 is 34.0 Å². The molecule has 0 atom stereocenters. The quantitative estimate of drug-likeness (QED) is 0.501. The number of methoxy groups -OCH3 is 3. The standard InChI is InChI=1S/C22H23ClN2O4S/c1-27-18-9-7-15(20(28-2)21(18)29-3)8-10-19(26)25-22-24-13-17(30-22)12-14-5-4-6-16(23)11-14/h4-7,9,11,13H,8,10,12H2,1-3H3,(H,24,25,26). The maximum Gasteiger partial charge on any atom is 0.226 e. The van der Waals surface area contributed by atoms with Crippen molar-refractivity contribution in [3.8, 4) is 17.2 Å². The Morgan fingerprint density at radius 2 is 1.90 bits per heavy atom. The maximum absolute atomic E-state index is 12.4. The van der Waals surface area contributed by atoms with Gasteiger partial charge in [-0.2, -0.15) is 0 Å². The third-order valence-electron chi connectivity index (χ3n) is 4.47. The Bertz CT molecular complexity index is 1020. The molecule has 1 N–H and O–H groups in total. The fourth-order valence-electron chi connectivity index (χ4n) is 3.09. The summed E-state index contributed by atoms with van der Waals surface area (Å²) in [7, 11) is 4.69. The van der Waals surface area contributed by atoms with Gasteiger partial charge in [0.25, 0.3) is 0 Å². The lowest BCUT2D eigenvalue weighted by Crippen LogP contribution is -2.12. The highest BCUT2D eigenvalue weighted by molar-refractivity contribution is 7.15. The molecule has 0 aliphatic rings. The molecule has 30 heavy (non-hydrogen) atoms. The first-order valence-corrected chi connectivity index (χ1v) is 10.5. The number of nitrogens with one attached hydrogen (secondary N) is 1. The minimum absolute atomic E-state index is 0.115. The van der Waals surface area contributed by atoms with Crippen LogP contribution in [0.15, 0.2) is 42.6 Å². The van der Waals surface area contributed by atoms with Gasteiger partial charge in [0.15, 0.2) is 16.6 Å². The van der Waals surface area contributed by atoms with E-state index in [0.717, 1.165) is 22.4 Å². The van der Waals surface area contributed by atoms with Crippen LogP contribution in [0.4, 0.5) is 5.13 Å². The summed E-state index contributed by atoms with van der Waals surface area (Å²) in [5, 5.41) is 4.15. The second kappa shape index (κ2) is 10.3. The van der Waals surface area contributed by atoms with E-state index in [1.165, 1.54) is 11.3 Å². The summed E-state index contributed by atoms with van der Waals surface area (Å²) in [5.74, 6) is 1.55. The Kier molecular flexibility index (Phi) is 7.54. The zero-order valence-electron chi connectivity index (χ0n) is 17.0. The number of nitrogens with zero attached hydrogens (tertiary/aromatic N) is 1. The highest BCUT2D eigenvalue weighted by Gasteiger charge is 2.17. The molecule has 158 valence electrons. The molecule has 0 unspecified atom stereocenters. The summed E-state index contributed by atoms with van der Waals surface area (Å²) < 4.78 is 16.2. The van der Waals surface area contributed by atoms with Crippen LogP contribution in [0.5, 0.6) is 17.2 Å². The van der Waals surface area contributed by atoms with Crippen molar-refractivity contribution < 1.29 is 19.0 Å². The fourth-order valence-corrected chi connectivity index (χ4v) is 4.16. The molecule has 1 aromatic heterocycles. The van der Waals surface area contributed by atoms with Gasteiger partial charge in [-0.15, -0.1) is 11.3 Å². The van der Waals surface area contributed by atoms with E-state index >= 15 is 0 Å². The molecule has 3 rings (SSSR count). The zero-order valence-corrected chi connectivity index (χ0v) is 18.6. The van der Waals surface area contributed by atoms with Crippen LogP contribution in [0.3, 0.4) is 0 Å². The monoisotopic (exact) mass is 446 g/mol. The second-order valence-corrected chi connectivity index (χ2v) is 8.03. The van der Waals surface area contributed by atoms with Crippen molar-refractivity contribution in [2.45, 2.75) is 19.3 Å². The molecule has 6 nitrogen and oxygen atoms in total. The number of halogens is 1. The molecular weight excluding hydrogens is 424 g/mol. The minimum atomic E-state index is -0.115. The summed E-state index contributed by atoms with van der Waals surface area (Å²) in [5.41, 5.74) is 1.97. The maximum atomic E-state index is 12.4. The van der Waals surface area contributed by atoms with Gasteiger partial charge >= 0.3 is 0 Å². The van der Waals surface area contributed by atoms with E-state index in [0.29, 0.717) is 33.8 Å². The number of anilines is 1. The van der Waals surface area contributed by atoms with Gasteiger partial charge in [0, 0.05) is 28.9 Å². The van der Waals surface area contributed by atoms with Gasteiger partial charge in [-0.1, -0.05) is 29.8 Å². The number of hydrogen-bond donors (Lipinski definition) is 1. The lowest BCUT2D eigenvalue weighted by molar-refractivity contribution is -0.116. The van der Waals surface area contributed by atoms with Gasteiger partial charge in [-0.05, 0) is 35.7 Å². The predicted molar refractivity (Wildman–Crippen MR) is 119 cm³/mol. The molecule has 0 bridgehead atoms. The molecule has 0 radical (unpaired) electrons. The Balaban J connectivity index is 1.60. The van der Waals surface area contributed by atoms with E-state index in [1.807, 2.05) is 30.3 Å². The van der Waals surface area contributed by atoms with Crippen molar-refractivity contribution in [2.24, 2.45) is 0 Å². The Hall–Kier alpha value is -2.77. The molecular formula is C22H23ClN2O4S. The molecule has 0 spiro atoms. The number of carbonyl (C=O) groups excluding carboxylic acids is 1. The number of ether oxygens (including phenoxy) is 3. The van der Waals surface area contributed by atoms with Gasteiger partial charge in [0.05, 0.1) is 21.3 Å². The van der Waals surface area contributed by atoms with Crippen LogP contribution in [-0.4, -0.2) is 32.2 Å². The second-order valence-electron chi connectivity index (χ2n) is 6.48. The van der Waals surface area contributed by atoms with E-state index in [2.05, 4.69) is 10.3 Å². The number of aryl methyl sites for hydroxylation is 1. The number of thiazole rings is 1. The first kappa shape index (κ1) is 21.9. The van der Waals surface area contributed by atoms with E-state index in [9.17, 15) is 4.79 Å². The average Bonchev–Trinajstić information content (AvgIpc) is 3.17. The number of aromatic nitrogens is 1. The topological polar surface area (TPSA) is 69.7 Å². The molecule has 8 heteroatoms.